The molecule has 0 rings (SSSR count). The van der Waals surface area contributed by atoms with Gasteiger partial charge in [-0.15, -0.1) is 0 Å². The summed E-state index contributed by atoms with van der Waals surface area (Å²) in [6, 6.07) is -1.27. The van der Waals surface area contributed by atoms with Crippen molar-refractivity contribution in [2.24, 2.45) is 5.73 Å². The van der Waals surface area contributed by atoms with Crippen LogP contribution in [-0.4, -0.2) is 12.6 Å². The van der Waals surface area contributed by atoms with Crippen LogP contribution < -0.4 is 5.73 Å². The van der Waals surface area contributed by atoms with Gasteiger partial charge in [0.15, 0.2) is 0 Å². The van der Waals surface area contributed by atoms with Gasteiger partial charge < -0.3 is 5.73 Å². The van der Waals surface area contributed by atoms with Crippen molar-refractivity contribution in [3.63, 3.8) is 0 Å². The summed E-state index contributed by atoms with van der Waals surface area (Å²) in [6.07, 6.45) is 0.422. The highest BCUT2D eigenvalue weighted by molar-refractivity contribution is 5.67. The highest BCUT2D eigenvalue weighted by Crippen LogP contribution is 1.86. The molecule has 0 aliphatic heterocycles. The van der Waals surface area contributed by atoms with Crippen LogP contribution in [0.2, 0.25) is 0 Å². The van der Waals surface area contributed by atoms with Crippen molar-refractivity contribution in [1.82, 2.24) is 0 Å². The lowest BCUT2D eigenvalue weighted by atomic mass is 10.3. The van der Waals surface area contributed by atoms with Crippen LogP contribution in [0.3, 0.4) is 0 Å². The molecule has 0 amide bonds. The van der Waals surface area contributed by atoms with Crippen LogP contribution in [0.5, 0.6) is 0 Å². The van der Waals surface area contributed by atoms with E-state index in [1.807, 2.05) is 0 Å². The predicted molar refractivity (Wildman–Crippen MR) is 24.4 cm³/mol. The third-order valence-corrected chi connectivity index (χ3v) is 0.577. The number of halogens is 1. The zero-order valence-electron chi connectivity index (χ0n) is 3.98. The van der Waals surface area contributed by atoms with Gasteiger partial charge >= 0.3 is 6.04 Å². The molecule has 2 N–H and O–H groups in total. The van der Waals surface area contributed by atoms with Crippen LogP contribution in [0.4, 0.5) is 4.39 Å². The van der Waals surface area contributed by atoms with E-state index in [0.717, 1.165) is 0 Å². The molecule has 0 aliphatic carbocycles. The van der Waals surface area contributed by atoms with Gasteiger partial charge in [0.05, 0.1) is 0 Å². The number of rotatable bonds is 3. The topological polar surface area (TPSA) is 43.1 Å². The van der Waals surface area contributed by atoms with Crippen LogP contribution in [0.1, 0.15) is 12.8 Å². The Bertz CT molecular complexity index is 64.7. The zero-order valence-corrected chi connectivity index (χ0v) is 3.98. The summed E-state index contributed by atoms with van der Waals surface area (Å²) >= 11 is 0. The molecule has 0 fully saturated rings. The van der Waals surface area contributed by atoms with Crippen molar-refractivity contribution in [2.75, 3.05) is 6.54 Å². The van der Waals surface area contributed by atoms with Gasteiger partial charge in [-0.25, -0.2) is 0 Å². The summed E-state index contributed by atoms with van der Waals surface area (Å²) in [6.45, 7) is 0.385. The molecule has 0 bridgehead atoms. The van der Waals surface area contributed by atoms with Gasteiger partial charge in [-0.05, 0) is 13.0 Å². The van der Waals surface area contributed by atoms with Crippen LogP contribution >= 0.6 is 0 Å². The molecule has 2 nitrogen and oxygen atoms in total. The monoisotopic (exact) mass is 105 g/mol. The highest BCUT2D eigenvalue weighted by Gasteiger charge is 1.92. The smallest absolute Gasteiger partial charge is 0.301 e. The first kappa shape index (κ1) is 6.56. The summed E-state index contributed by atoms with van der Waals surface area (Å²) < 4.78 is 11.2. The lowest BCUT2D eigenvalue weighted by molar-refractivity contribution is -0.129. The number of nitrogens with two attached hydrogens (primary N) is 1. The molecule has 0 saturated heterocycles. The molecule has 3 heteroatoms. The number of carbonyl (C=O) groups excluding carboxylic acids is 1. The maximum atomic E-state index is 11.2. The van der Waals surface area contributed by atoms with Gasteiger partial charge in [-0.1, -0.05) is 0 Å². The fraction of sp³-hybridized carbons (Fsp3) is 0.750. The molecule has 0 unspecified atom stereocenters. The van der Waals surface area contributed by atoms with E-state index in [1.54, 1.807) is 0 Å². The maximum absolute atomic E-state index is 11.2. The Labute approximate surface area is 41.5 Å². The van der Waals surface area contributed by atoms with Crippen molar-refractivity contribution in [2.45, 2.75) is 12.8 Å². The molecular weight excluding hydrogens is 97.0 g/mol. The van der Waals surface area contributed by atoms with E-state index >= 15 is 0 Å². The second kappa shape index (κ2) is 3.74. The largest absolute Gasteiger partial charge is 0.330 e. The fourth-order valence-corrected chi connectivity index (χ4v) is 0.241. The summed E-state index contributed by atoms with van der Waals surface area (Å²) in [5, 5.41) is 0. The van der Waals surface area contributed by atoms with Crippen molar-refractivity contribution in [1.29, 1.82) is 0 Å². The van der Waals surface area contributed by atoms with Crippen molar-refractivity contribution >= 4 is 6.04 Å². The second-order valence-corrected chi connectivity index (χ2v) is 1.25. The predicted octanol–water partition coefficient (Wildman–Crippen LogP) is 0.221. The minimum atomic E-state index is -1.27. The first-order chi connectivity index (χ1) is 3.27. The molecule has 0 aromatic carbocycles. The number of carbonyl (C=O) groups is 1. The van der Waals surface area contributed by atoms with Crippen LogP contribution in [0, 0.1) is 0 Å². The first-order valence-corrected chi connectivity index (χ1v) is 2.15. The van der Waals surface area contributed by atoms with Crippen LogP contribution in [0.15, 0.2) is 0 Å². The van der Waals surface area contributed by atoms with E-state index in [2.05, 4.69) is 0 Å². The summed E-state index contributed by atoms with van der Waals surface area (Å²) in [5.74, 6) is 0. The van der Waals surface area contributed by atoms with Gasteiger partial charge in [0, 0.05) is 6.42 Å². The molecule has 0 aliphatic rings. The molecular formula is C4H8FNO. The molecule has 0 aromatic heterocycles. The number of hydrogen-bond acceptors (Lipinski definition) is 2. The quantitative estimate of drug-likeness (QED) is 0.522. The van der Waals surface area contributed by atoms with Crippen molar-refractivity contribution in [3.8, 4) is 0 Å². The fourth-order valence-electron chi connectivity index (χ4n) is 0.241. The molecule has 0 heterocycles. The second-order valence-electron chi connectivity index (χ2n) is 1.25. The molecule has 0 saturated carbocycles. The average Bonchev–Trinajstić information content (AvgIpc) is 1.61. The minimum absolute atomic E-state index is 0.0312. The van der Waals surface area contributed by atoms with Crippen molar-refractivity contribution in [3.05, 3.63) is 0 Å². The Balaban J connectivity index is 2.82. The lowest BCUT2D eigenvalue weighted by Gasteiger charge is -1.84. The molecule has 0 aromatic rings. The summed E-state index contributed by atoms with van der Waals surface area (Å²) in [5.41, 5.74) is 4.96. The Hall–Kier alpha value is -0.440. The van der Waals surface area contributed by atoms with E-state index in [9.17, 15) is 9.18 Å². The first-order valence-electron chi connectivity index (χ1n) is 2.15. The normalized spacial score (nSPS) is 8.86. The van der Waals surface area contributed by atoms with Crippen LogP contribution in [-0.2, 0) is 4.79 Å². The molecule has 0 atom stereocenters. The average molecular weight is 105 g/mol. The third-order valence-electron chi connectivity index (χ3n) is 0.577. The van der Waals surface area contributed by atoms with Gasteiger partial charge in [0.25, 0.3) is 0 Å². The van der Waals surface area contributed by atoms with E-state index < -0.39 is 6.04 Å². The van der Waals surface area contributed by atoms with Gasteiger partial charge in [0.1, 0.15) is 0 Å². The molecule has 42 valence electrons. The summed E-state index contributed by atoms with van der Waals surface area (Å²) in [7, 11) is 0. The van der Waals surface area contributed by atoms with Crippen LogP contribution in [0.25, 0.3) is 0 Å². The SMILES string of the molecule is NCCCC(=O)F. The lowest BCUT2D eigenvalue weighted by Crippen LogP contribution is -2.00. The van der Waals surface area contributed by atoms with Gasteiger partial charge in [-0.2, -0.15) is 4.39 Å². The standard InChI is InChI=1S/C4H8FNO/c5-4(7)2-1-3-6/h1-3,6H2. The Morgan fingerprint density at radius 3 is 2.43 bits per heavy atom. The summed E-state index contributed by atoms with van der Waals surface area (Å²) in [4.78, 5) is 9.48. The van der Waals surface area contributed by atoms with Crippen molar-refractivity contribution < 1.29 is 9.18 Å². The van der Waals surface area contributed by atoms with Gasteiger partial charge in [-0.3, -0.25) is 4.79 Å². The van der Waals surface area contributed by atoms with E-state index in [4.69, 9.17) is 5.73 Å². The molecule has 0 radical (unpaired) electrons. The Morgan fingerprint density at radius 2 is 2.29 bits per heavy atom. The van der Waals surface area contributed by atoms with E-state index in [-0.39, 0.29) is 6.42 Å². The third kappa shape index (κ3) is 5.56. The Morgan fingerprint density at radius 1 is 1.71 bits per heavy atom. The number of hydrogen-bond donors (Lipinski definition) is 1. The van der Waals surface area contributed by atoms with E-state index in [1.165, 1.54) is 0 Å². The van der Waals surface area contributed by atoms with E-state index in [0.29, 0.717) is 13.0 Å². The minimum Gasteiger partial charge on any atom is -0.330 e. The Kier molecular flexibility index (Phi) is 3.50. The van der Waals surface area contributed by atoms with Gasteiger partial charge in [0.2, 0.25) is 0 Å². The molecule has 0 spiro atoms. The highest BCUT2D eigenvalue weighted by atomic mass is 19.1. The molecule has 7 heavy (non-hydrogen) atoms. The maximum Gasteiger partial charge on any atom is 0.301 e. The zero-order chi connectivity index (χ0) is 5.70.